The predicted octanol–water partition coefficient (Wildman–Crippen LogP) is 1.85. The predicted molar refractivity (Wildman–Crippen MR) is 71.3 cm³/mol. The van der Waals surface area contributed by atoms with Crippen LogP contribution in [0.15, 0.2) is 18.2 Å². The molecule has 0 saturated carbocycles. The zero-order valence-electron chi connectivity index (χ0n) is 10.9. The average molecular weight is 252 g/mol. The van der Waals surface area contributed by atoms with Gasteiger partial charge in [-0.2, -0.15) is 0 Å². The van der Waals surface area contributed by atoms with Crippen LogP contribution in [0.4, 0.5) is 10.1 Å². The Morgan fingerprint density at radius 1 is 1.22 bits per heavy atom. The standard InChI is InChI=1S/C14H21FN2O/c1-2-6-16-7-9-17(10-8-16)14-5-3-4-13(15)12(14)11-18/h3-5,18H,2,6-11H2,1H3. The summed E-state index contributed by atoms with van der Waals surface area (Å²) >= 11 is 0. The molecule has 0 aromatic heterocycles. The topological polar surface area (TPSA) is 26.7 Å². The summed E-state index contributed by atoms with van der Waals surface area (Å²) in [4.78, 5) is 4.59. The molecule has 0 atom stereocenters. The van der Waals surface area contributed by atoms with Gasteiger partial charge in [-0.25, -0.2) is 4.39 Å². The second-order valence-electron chi connectivity index (χ2n) is 4.72. The van der Waals surface area contributed by atoms with E-state index in [1.807, 2.05) is 6.07 Å². The van der Waals surface area contributed by atoms with E-state index in [9.17, 15) is 9.50 Å². The van der Waals surface area contributed by atoms with E-state index < -0.39 is 0 Å². The molecule has 1 saturated heterocycles. The Balaban J connectivity index is 2.07. The summed E-state index contributed by atoms with van der Waals surface area (Å²) in [5.41, 5.74) is 1.26. The van der Waals surface area contributed by atoms with Gasteiger partial charge in [0.2, 0.25) is 0 Å². The number of hydrogen-bond acceptors (Lipinski definition) is 3. The molecule has 0 aliphatic carbocycles. The van der Waals surface area contributed by atoms with E-state index >= 15 is 0 Å². The van der Waals surface area contributed by atoms with Crippen molar-refractivity contribution >= 4 is 5.69 Å². The minimum atomic E-state index is -0.314. The van der Waals surface area contributed by atoms with Crippen molar-refractivity contribution in [3.05, 3.63) is 29.6 Å². The third kappa shape index (κ3) is 2.82. The van der Waals surface area contributed by atoms with Gasteiger partial charge in [-0.05, 0) is 25.1 Å². The molecule has 2 rings (SSSR count). The molecule has 3 nitrogen and oxygen atoms in total. The van der Waals surface area contributed by atoms with Crippen molar-refractivity contribution < 1.29 is 9.50 Å². The van der Waals surface area contributed by atoms with Crippen molar-refractivity contribution in [3.8, 4) is 0 Å². The van der Waals surface area contributed by atoms with Crippen molar-refractivity contribution in [1.29, 1.82) is 0 Å². The number of nitrogens with zero attached hydrogens (tertiary/aromatic N) is 2. The quantitative estimate of drug-likeness (QED) is 0.886. The molecule has 0 radical (unpaired) electrons. The second-order valence-corrected chi connectivity index (χ2v) is 4.72. The van der Waals surface area contributed by atoms with E-state index in [4.69, 9.17) is 0 Å². The molecule has 0 unspecified atom stereocenters. The number of piperazine rings is 1. The van der Waals surface area contributed by atoms with E-state index in [0.717, 1.165) is 38.4 Å². The Bertz CT molecular complexity index is 389. The molecular weight excluding hydrogens is 231 g/mol. The van der Waals surface area contributed by atoms with Crippen molar-refractivity contribution in [1.82, 2.24) is 4.90 Å². The van der Waals surface area contributed by atoms with Gasteiger partial charge in [-0.1, -0.05) is 13.0 Å². The SMILES string of the molecule is CCCN1CCN(c2cccc(F)c2CO)CC1. The Labute approximate surface area is 108 Å². The van der Waals surface area contributed by atoms with Crippen LogP contribution in [0.1, 0.15) is 18.9 Å². The van der Waals surface area contributed by atoms with E-state index in [2.05, 4.69) is 16.7 Å². The Hall–Kier alpha value is -1.13. The Morgan fingerprint density at radius 2 is 1.94 bits per heavy atom. The number of halogens is 1. The lowest BCUT2D eigenvalue weighted by atomic mass is 10.1. The van der Waals surface area contributed by atoms with Crippen LogP contribution in [-0.4, -0.2) is 42.7 Å². The van der Waals surface area contributed by atoms with Crippen LogP contribution in [0.3, 0.4) is 0 Å². The molecule has 0 bridgehead atoms. The van der Waals surface area contributed by atoms with Gasteiger partial charge < -0.3 is 10.0 Å². The number of rotatable bonds is 4. The Kier molecular flexibility index (Phi) is 4.55. The number of aliphatic hydroxyl groups is 1. The minimum Gasteiger partial charge on any atom is -0.391 e. The van der Waals surface area contributed by atoms with Gasteiger partial charge in [0.25, 0.3) is 0 Å². The van der Waals surface area contributed by atoms with Crippen LogP contribution >= 0.6 is 0 Å². The van der Waals surface area contributed by atoms with Gasteiger partial charge in [0.05, 0.1) is 6.61 Å². The number of benzene rings is 1. The van der Waals surface area contributed by atoms with Gasteiger partial charge >= 0.3 is 0 Å². The maximum atomic E-state index is 13.6. The summed E-state index contributed by atoms with van der Waals surface area (Å²) in [5, 5.41) is 9.29. The maximum absolute atomic E-state index is 13.6. The van der Waals surface area contributed by atoms with Crippen LogP contribution in [0.25, 0.3) is 0 Å². The fraction of sp³-hybridized carbons (Fsp3) is 0.571. The molecule has 1 N–H and O–H groups in total. The maximum Gasteiger partial charge on any atom is 0.130 e. The molecule has 100 valence electrons. The first kappa shape index (κ1) is 13.3. The molecule has 1 heterocycles. The number of hydrogen-bond donors (Lipinski definition) is 1. The zero-order valence-corrected chi connectivity index (χ0v) is 10.9. The second kappa shape index (κ2) is 6.16. The van der Waals surface area contributed by atoms with Crippen LogP contribution in [-0.2, 0) is 6.61 Å². The molecule has 1 aromatic rings. The summed E-state index contributed by atoms with van der Waals surface area (Å²) in [6.45, 7) is 6.89. The van der Waals surface area contributed by atoms with Crippen LogP contribution < -0.4 is 4.90 Å². The molecule has 1 aromatic carbocycles. The molecule has 18 heavy (non-hydrogen) atoms. The third-order valence-electron chi connectivity index (χ3n) is 3.51. The lowest BCUT2D eigenvalue weighted by Crippen LogP contribution is -2.46. The summed E-state index contributed by atoms with van der Waals surface area (Å²) in [6.07, 6.45) is 1.17. The summed E-state index contributed by atoms with van der Waals surface area (Å²) < 4.78 is 13.6. The average Bonchev–Trinajstić information content (AvgIpc) is 2.40. The molecule has 1 aliphatic rings. The first-order valence-corrected chi connectivity index (χ1v) is 6.61. The fourth-order valence-corrected chi connectivity index (χ4v) is 2.53. The lowest BCUT2D eigenvalue weighted by Gasteiger charge is -2.36. The first-order chi connectivity index (χ1) is 8.76. The van der Waals surface area contributed by atoms with Gasteiger partial charge in [-0.15, -0.1) is 0 Å². The van der Waals surface area contributed by atoms with Gasteiger partial charge in [0.15, 0.2) is 0 Å². The van der Waals surface area contributed by atoms with E-state index in [1.54, 1.807) is 6.07 Å². The highest BCUT2D eigenvalue weighted by atomic mass is 19.1. The molecule has 1 aliphatic heterocycles. The van der Waals surface area contributed by atoms with Crippen molar-refractivity contribution in [2.45, 2.75) is 20.0 Å². The van der Waals surface area contributed by atoms with Crippen LogP contribution in [0, 0.1) is 5.82 Å². The van der Waals surface area contributed by atoms with Crippen molar-refractivity contribution in [3.63, 3.8) is 0 Å². The summed E-state index contributed by atoms with van der Waals surface area (Å²) in [6, 6.07) is 5.01. The van der Waals surface area contributed by atoms with Crippen molar-refractivity contribution in [2.75, 3.05) is 37.6 Å². The molecular formula is C14H21FN2O. The fourth-order valence-electron chi connectivity index (χ4n) is 2.53. The molecule has 0 amide bonds. The number of anilines is 1. The van der Waals surface area contributed by atoms with Gasteiger partial charge in [0, 0.05) is 37.4 Å². The van der Waals surface area contributed by atoms with Gasteiger partial charge in [0.1, 0.15) is 5.82 Å². The van der Waals surface area contributed by atoms with Crippen LogP contribution in [0.2, 0.25) is 0 Å². The molecule has 1 fully saturated rings. The molecule has 0 spiro atoms. The van der Waals surface area contributed by atoms with Crippen molar-refractivity contribution in [2.24, 2.45) is 0 Å². The lowest BCUT2D eigenvalue weighted by molar-refractivity contribution is 0.255. The summed E-state index contributed by atoms with van der Waals surface area (Å²) in [7, 11) is 0. The highest BCUT2D eigenvalue weighted by molar-refractivity contribution is 5.54. The normalized spacial score (nSPS) is 17.2. The third-order valence-corrected chi connectivity index (χ3v) is 3.51. The monoisotopic (exact) mass is 252 g/mol. The Morgan fingerprint density at radius 3 is 2.56 bits per heavy atom. The first-order valence-electron chi connectivity index (χ1n) is 6.61. The number of aliphatic hydroxyl groups excluding tert-OH is 1. The van der Waals surface area contributed by atoms with E-state index in [-0.39, 0.29) is 12.4 Å². The summed E-state index contributed by atoms with van der Waals surface area (Å²) in [5.74, 6) is -0.314. The highest BCUT2D eigenvalue weighted by Crippen LogP contribution is 2.24. The zero-order chi connectivity index (χ0) is 13.0. The van der Waals surface area contributed by atoms with E-state index in [0.29, 0.717) is 5.56 Å². The smallest absolute Gasteiger partial charge is 0.130 e. The van der Waals surface area contributed by atoms with Crippen LogP contribution in [0.5, 0.6) is 0 Å². The minimum absolute atomic E-state index is 0.239. The van der Waals surface area contributed by atoms with E-state index in [1.165, 1.54) is 12.5 Å². The largest absolute Gasteiger partial charge is 0.391 e. The highest BCUT2D eigenvalue weighted by Gasteiger charge is 2.19. The molecule has 4 heteroatoms. The van der Waals surface area contributed by atoms with Gasteiger partial charge in [-0.3, -0.25) is 4.90 Å².